The molecule has 3 aromatic rings. The molecule has 3 nitrogen and oxygen atoms in total. The van der Waals surface area contributed by atoms with Crippen LogP contribution in [-0.2, 0) is 0 Å². The number of benzene rings is 3. The van der Waals surface area contributed by atoms with E-state index in [1.807, 2.05) is 0 Å². The van der Waals surface area contributed by atoms with Gasteiger partial charge < -0.3 is 0 Å². The molecule has 33 heavy (non-hydrogen) atoms. The number of hydrogen-bond acceptors (Lipinski definition) is 3. The fraction of sp³-hybridized carbons (Fsp3) is 0.250. The summed E-state index contributed by atoms with van der Waals surface area (Å²) < 4.78 is 7.21. The Morgan fingerprint density at radius 1 is 0.424 bits per heavy atom. The predicted octanol–water partition coefficient (Wildman–Crippen LogP) is 7.04. The van der Waals surface area contributed by atoms with Crippen LogP contribution in [0, 0.1) is 41.5 Å². The van der Waals surface area contributed by atoms with Crippen LogP contribution < -0.4 is 8.20 Å². The maximum atomic E-state index is 7.50. The molecule has 0 N–H and O–H groups in total. The molecule has 174 valence electrons. The van der Waals surface area contributed by atoms with E-state index in [-0.39, 0.29) is 0 Å². The van der Waals surface area contributed by atoms with Gasteiger partial charge in [-0.2, -0.15) is 0 Å². The van der Waals surface area contributed by atoms with Crippen LogP contribution in [0.15, 0.2) is 54.6 Å². The molecule has 1 fully saturated rings. The van der Waals surface area contributed by atoms with Gasteiger partial charge in [-0.15, -0.1) is 0 Å². The summed E-state index contributed by atoms with van der Waals surface area (Å²) in [6.45, 7) is 12.9. The molecule has 1 aliphatic rings. The molecule has 0 unspecified atom stereocenters. The Morgan fingerprint density at radius 3 is 0.788 bits per heavy atom. The normalized spacial score (nSPS) is 21.0. The number of para-hydroxylation sites is 3. The van der Waals surface area contributed by atoms with Gasteiger partial charge in [0.25, 0.3) is 0 Å². The molecule has 0 bridgehead atoms. The molecule has 3 aromatic carbocycles. The summed E-state index contributed by atoms with van der Waals surface area (Å²) in [5.74, 6) is 0. The van der Waals surface area contributed by atoms with Gasteiger partial charge in [-0.3, -0.25) is 0 Å². The van der Waals surface area contributed by atoms with Gasteiger partial charge >= 0.3 is 227 Å². The van der Waals surface area contributed by atoms with Crippen molar-refractivity contribution in [3.8, 4) is 0 Å². The summed E-state index contributed by atoms with van der Waals surface area (Å²) in [6.07, 6.45) is 0. The fourth-order valence-electron chi connectivity index (χ4n) is 4.28. The first-order valence-electron chi connectivity index (χ1n) is 10.6. The van der Waals surface area contributed by atoms with Crippen molar-refractivity contribution in [1.29, 1.82) is 0 Å². The number of anilines is 3. The third-order valence-electron chi connectivity index (χ3n) is 5.86. The van der Waals surface area contributed by atoms with Crippen molar-refractivity contribution in [3.05, 3.63) is 88.0 Å². The van der Waals surface area contributed by atoms with E-state index in [4.69, 9.17) is 29.8 Å². The molecular weight excluding hydrogens is 661 g/mol. The van der Waals surface area contributed by atoms with Crippen molar-refractivity contribution in [2.45, 2.75) is 41.5 Å². The summed E-state index contributed by atoms with van der Waals surface area (Å²) in [5, 5.41) is 0. The Bertz CT molecular complexity index is 974. The Labute approximate surface area is 225 Å². The van der Waals surface area contributed by atoms with Crippen LogP contribution in [0.5, 0.6) is 0 Å². The van der Waals surface area contributed by atoms with Crippen LogP contribution in [-0.4, -0.2) is 42.5 Å². The molecule has 9 heteroatoms. The van der Waals surface area contributed by atoms with Gasteiger partial charge in [-0.25, -0.2) is 0 Å². The van der Waals surface area contributed by atoms with Gasteiger partial charge in [0.2, 0.25) is 0 Å². The zero-order valence-electron chi connectivity index (χ0n) is 19.5. The van der Waals surface area contributed by atoms with Crippen molar-refractivity contribution < 1.29 is 0 Å². The van der Waals surface area contributed by atoms with Crippen LogP contribution in [0.1, 0.15) is 33.4 Å². The maximum absolute atomic E-state index is 7.50. The Morgan fingerprint density at radius 2 is 0.606 bits per heavy atom. The zero-order chi connectivity index (χ0) is 24.0. The number of halogens is 3. The average Bonchev–Trinajstić information content (AvgIpc) is 2.74. The second kappa shape index (κ2) is 10.3. The molecule has 1 heterocycles. The first kappa shape index (κ1) is 25.7. The van der Waals surface area contributed by atoms with Gasteiger partial charge in [0.15, 0.2) is 0 Å². The standard InChI is InChI=1S/C24H27As3Cl3N3/c1-16-10-7-11-17(2)22(16)31-25(28)32(23-18(3)12-8-13-19(23)4)27(30)33(26(31)29)24-20(5)14-9-15-21(24)6/h7-15H,1-6H3. The van der Waals surface area contributed by atoms with E-state index in [1.165, 1.54) is 50.4 Å². The van der Waals surface area contributed by atoms with Gasteiger partial charge in [-0.1, -0.05) is 0 Å². The van der Waals surface area contributed by atoms with Crippen molar-refractivity contribution in [2.75, 3.05) is 8.20 Å². The van der Waals surface area contributed by atoms with E-state index in [0.29, 0.717) is 0 Å². The van der Waals surface area contributed by atoms with Crippen molar-refractivity contribution >= 4 is 89.4 Å². The first-order chi connectivity index (χ1) is 15.6. The number of nitrogens with zero attached hydrogens (tertiary/aromatic N) is 3. The average molecular weight is 689 g/mol. The molecule has 0 atom stereocenters. The molecule has 0 aromatic heterocycles. The number of aryl methyl sites for hydroxylation is 6. The fourth-order valence-corrected chi connectivity index (χ4v) is 41.5. The zero-order valence-corrected chi connectivity index (χ0v) is 27.4. The molecular formula is C24H27As3Cl3N3. The van der Waals surface area contributed by atoms with Crippen LogP contribution in [0.3, 0.4) is 0 Å². The Hall–Kier alpha value is -0.395. The summed E-state index contributed by atoms with van der Waals surface area (Å²) in [5.41, 5.74) is 10.7. The van der Waals surface area contributed by atoms with Crippen molar-refractivity contribution in [3.63, 3.8) is 0 Å². The van der Waals surface area contributed by atoms with Gasteiger partial charge in [-0.05, 0) is 0 Å². The predicted molar refractivity (Wildman–Crippen MR) is 150 cm³/mol. The minimum absolute atomic E-state index is 1.17. The minimum atomic E-state index is -2.33. The molecule has 4 rings (SSSR count). The molecule has 1 saturated heterocycles. The summed E-state index contributed by atoms with van der Waals surface area (Å²) in [4.78, 5) is 0. The van der Waals surface area contributed by atoms with E-state index in [0.717, 1.165) is 0 Å². The van der Waals surface area contributed by atoms with Gasteiger partial charge in [0.05, 0.1) is 0 Å². The second-order valence-electron chi connectivity index (χ2n) is 8.31. The van der Waals surface area contributed by atoms with Gasteiger partial charge in [0.1, 0.15) is 0 Å². The first-order valence-corrected chi connectivity index (χ1v) is 23.0. The molecule has 1 aliphatic heterocycles. The van der Waals surface area contributed by atoms with E-state index in [2.05, 4.69) is 104 Å². The van der Waals surface area contributed by atoms with E-state index in [9.17, 15) is 0 Å². The van der Waals surface area contributed by atoms with Crippen LogP contribution in [0.4, 0.5) is 17.1 Å². The second-order valence-corrected chi connectivity index (χ2v) is 25.5. The summed E-state index contributed by atoms with van der Waals surface area (Å²) in [6, 6.07) is 19.2. The van der Waals surface area contributed by atoms with E-state index >= 15 is 0 Å². The molecule has 0 spiro atoms. The van der Waals surface area contributed by atoms with Crippen LogP contribution >= 0.6 is 29.8 Å². The van der Waals surface area contributed by atoms with Crippen molar-refractivity contribution in [2.24, 2.45) is 0 Å². The van der Waals surface area contributed by atoms with Gasteiger partial charge in [0, 0.05) is 0 Å². The molecule has 0 saturated carbocycles. The monoisotopic (exact) mass is 687 g/mol. The molecule has 0 amide bonds. The number of rotatable bonds is 3. The van der Waals surface area contributed by atoms with Crippen LogP contribution in [0.2, 0.25) is 0 Å². The topological polar surface area (TPSA) is 9.72 Å². The third kappa shape index (κ3) is 4.60. The third-order valence-corrected chi connectivity index (χ3v) is 35.3. The van der Waals surface area contributed by atoms with Crippen LogP contribution in [0.25, 0.3) is 0 Å². The molecule has 0 radical (unpaired) electrons. The Kier molecular flexibility index (Phi) is 8.02. The molecule has 0 aliphatic carbocycles. The van der Waals surface area contributed by atoms with Crippen molar-refractivity contribution in [1.82, 2.24) is 0 Å². The van der Waals surface area contributed by atoms with E-state index < -0.39 is 42.5 Å². The SMILES string of the molecule is Cc1cccc(C)c1N1[As](Cl)N(c2c(C)cccc2C)[As](Cl)N(c2c(C)cccc2C)[As]1Cl. The Balaban J connectivity index is 1.99. The summed E-state index contributed by atoms with van der Waals surface area (Å²) >= 11 is -6.98. The number of hydrogen-bond donors (Lipinski definition) is 0. The quantitative estimate of drug-likeness (QED) is 0.274. The van der Waals surface area contributed by atoms with E-state index in [1.54, 1.807) is 0 Å². The summed E-state index contributed by atoms with van der Waals surface area (Å²) in [7, 11) is 22.5.